The van der Waals surface area contributed by atoms with E-state index in [0.29, 0.717) is 18.7 Å². The van der Waals surface area contributed by atoms with Gasteiger partial charge in [0.1, 0.15) is 5.75 Å². The molecule has 0 aromatic heterocycles. The zero-order valence-electron chi connectivity index (χ0n) is 13.1. The number of rotatable bonds is 7. The van der Waals surface area contributed by atoms with Crippen LogP contribution in [0.2, 0.25) is 0 Å². The fourth-order valence-corrected chi connectivity index (χ4v) is 2.24. The van der Waals surface area contributed by atoms with Crippen molar-refractivity contribution in [2.24, 2.45) is 0 Å². The fourth-order valence-electron chi connectivity index (χ4n) is 2.24. The maximum absolute atomic E-state index is 11.4. The molecule has 0 radical (unpaired) electrons. The van der Waals surface area contributed by atoms with Gasteiger partial charge < -0.3 is 15.2 Å². The summed E-state index contributed by atoms with van der Waals surface area (Å²) in [4.78, 5) is 11.4. The normalized spacial score (nSPS) is 12.0. The standard InChI is InChI=1S/C19H21NO3/c1-2-23-19(22)14-8-12-16(15-9-4-3-5-10-15)20-17-11-6-7-13-18(17)21/h3-11,13-14,16,20-21H,2,12H2,1H3/b14-8+. The fraction of sp³-hybridized carbons (Fsp3) is 0.211. The van der Waals surface area contributed by atoms with Crippen LogP contribution >= 0.6 is 0 Å². The molecule has 0 aliphatic rings. The highest BCUT2D eigenvalue weighted by Crippen LogP contribution is 2.28. The second-order valence-electron chi connectivity index (χ2n) is 5.01. The Morgan fingerprint density at radius 1 is 1.17 bits per heavy atom. The lowest BCUT2D eigenvalue weighted by Crippen LogP contribution is -2.10. The van der Waals surface area contributed by atoms with Gasteiger partial charge in [-0.2, -0.15) is 0 Å². The molecule has 0 aliphatic carbocycles. The third kappa shape index (κ3) is 5.18. The average Bonchev–Trinajstić information content (AvgIpc) is 2.57. The number of aromatic hydroxyl groups is 1. The summed E-state index contributed by atoms with van der Waals surface area (Å²) in [5.41, 5.74) is 1.73. The molecular formula is C19H21NO3. The van der Waals surface area contributed by atoms with Gasteiger partial charge in [-0.25, -0.2) is 4.79 Å². The van der Waals surface area contributed by atoms with E-state index in [1.54, 1.807) is 25.1 Å². The molecule has 4 heteroatoms. The highest BCUT2D eigenvalue weighted by molar-refractivity contribution is 5.81. The van der Waals surface area contributed by atoms with Crippen LogP contribution in [0.25, 0.3) is 0 Å². The molecule has 0 fully saturated rings. The first-order valence-electron chi connectivity index (χ1n) is 7.63. The maximum atomic E-state index is 11.4. The molecule has 0 bridgehead atoms. The third-order valence-electron chi connectivity index (χ3n) is 3.35. The van der Waals surface area contributed by atoms with Crippen LogP contribution in [0.4, 0.5) is 5.69 Å². The Bertz CT molecular complexity index is 653. The second kappa shape index (κ2) is 8.63. The van der Waals surface area contributed by atoms with E-state index in [1.165, 1.54) is 6.08 Å². The number of anilines is 1. The van der Waals surface area contributed by atoms with Gasteiger partial charge in [0.05, 0.1) is 18.3 Å². The van der Waals surface area contributed by atoms with Crippen molar-refractivity contribution in [3.05, 3.63) is 72.3 Å². The lowest BCUT2D eigenvalue weighted by molar-refractivity contribution is -0.137. The Balaban J connectivity index is 2.13. The number of carbonyl (C=O) groups excluding carboxylic acids is 1. The number of carbonyl (C=O) groups is 1. The van der Waals surface area contributed by atoms with E-state index >= 15 is 0 Å². The van der Waals surface area contributed by atoms with E-state index in [4.69, 9.17) is 4.74 Å². The molecule has 1 atom stereocenters. The van der Waals surface area contributed by atoms with Crippen molar-refractivity contribution in [1.82, 2.24) is 0 Å². The van der Waals surface area contributed by atoms with Gasteiger partial charge in [-0.05, 0) is 31.0 Å². The summed E-state index contributed by atoms with van der Waals surface area (Å²) in [6.45, 7) is 2.14. The molecule has 23 heavy (non-hydrogen) atoms. The topological polar surface area (TPSA) is 58.6 Å². The molecule has 2 aromatic carbocycles. The first-order valence-corrected chi connectivity index (χ1v) is 7.63. The minimum Gasteiger partial charge on any atom is -0.506 e. The zero-order chi connectivity index (χ0) is 16.5. The molecule has 120 valence electrons. The van der Waals surface area contributed by atoms with Crippen LogP contribution in [0.3, 0.4) is 0 Å². The Labute approximate surface area is 136 Å². The average molecular weight is 311 g/mol. The van der Waals surface area contributed by atoms with E-state index < -0.39 is 0 Å². The van der Waals surface area contributed by atoms with E-state index in [1.807, 2.05) is 42.5 Å². The molecule has 0 heterocycles. The molecule has 0 saturated heterocycles. The monoisotopic (exact) mass is 311 g/mol. The number of hydrogen-bond donors (Lipinski definition) is 2. The first-order chi connectivity index (χ1) is 11.2. The number of benzene rings is 2. The molecule has 2 N–H and O–H groups in total. The van der Waals surface area contributed by atoms with Crippen molar-refractivity contribution in [3.63, 3.8) is 0 Å². The smallest absolute Gasteiger partial charge is 0.330 e. The maximum Gasteiger partial charge on any atom is 0.330 e. The molecule has 1 unspecified atom stereocenters. The van der Waals surface area contributed by atoms with Gasteiger partial charge >= 0.3 is 5.97 Å². The van der Waals surface area contributed by atoms with Crippen LogP contribution in [-0.2, 0) is 9.53 Å². The highest BCUT2D eigenvalue weighted by atomic mass is 16.5. The van der Waals surface area contributed by atoms with Crippen LogP contribution in [0.5, 0.6) is 5.75 Å². The number of hydrogen-bond acceptors (Lipinski definition) is 4. The largest absolute Gasteiger partial charge is 0.506 e. The molecule has 0 saturated carbocycles. The van der Waals surface area contributed by atoms with Gasteiger partial charge in [-0.3, -0.25) is 0 Å². The number of phenols is 1. The van der Waals surface area contributed by atoms with Gasteiger partial charge in [-0.15, -0.1) is 0 Å². The number of phenolic OH excluding ortho intramolecular Hbond substituents is 1. The molecular weight excluding hydrogens is 290 g/mol. The summed E-state index contributed by atoms with van der Waals surface area (Å²) in [5, 5.41) is 13.3. The van der Waals surface area contributed by atoms with E-state index in [-0.39, 0.29) is 17.8 Å². The van der Waals surface area contributed by atoms with Crippen molar-refractivity contribution in [3.8, 4) is 5.75 Å². The molecule has 0 spiro atoms. The number of esters is 1. The SMILES string of the molecule is CCOC(=O)/C=C/CC(Nc1ccccc1O)c1ccccc1. The number of para-hydroxylation sites is 2. The summed E-state index contributed by atoms with van der Waals surface area (Å²) >= 11 is 0. The summed E-state index contributed by atoms with van der Waals surface area (Å²) in [6, 6.07) is 16.9. The lowest BCUT2D eigenvalue weighted by Gasteiger charge is -2.19. The van der Waals surface area contributed by atoms with Crippen molar-refractivity contribution >= 4 is 11.7 Å². The Morgan fingerprint density at radius 2 is 1.87 bits per heavy atom. The van der Waals surface area contributed by atoms with E-state index in [2.05, 4.69) is 5.32 Å². The summed E-state index contributed by atoms with van der Waals surface area (Å²) in [5.74, 6) is -0.148. The number of ether oxygens (including phenoxy) is 1. The van der Waals surface area contributed by atoms with E-state index in [0.717, 1.165) is 5.56 Å². The predicted molar refractivity (Wildman–Crippen MR) is 91.3 cm³/mol. The third-order valence-corrected chi connectivity index (χ3v) is 3.35. The summed E-state index contributed by atoms with van der Waals surface area (Å²) in [6.07, 6.45) is 3.81. The van der Waals surface area contributed by atoms with Crippen LogP contribution in [0.15, 0.2) is 66.7 Å². The van der Waals surface area contributed by atoms with E-state index in [9.17, 15) is 9.90 Å². The summed E-state index contributed by atoms with van der Waals surface area (Å²) in [7, 11) is 0. The Kier molecular flexibility index (Phi) is 6.24. The quantitative estimate of drug-likeness (QED) is 0.460. The minimum atomic E-state index is -0.345. The molecule has 2 rings (SSSR count). The molecule has 4 nitrogen and oxygen atoms in total. The van der Waals surface area contributed by atoms with Crippen molar-refractivity contribution < 1.29 is 14.6 Å². The van der Waals surface area contributed by atoms with Gasteiger partial charge in [0.25, 0.3) is 0 Å². The van der Waals surface area contributed by atoms with Crippen molar-refractivity contribution in [2.75, 3.05) is 11.9 Å². The predicted octanol–water partition coefficient (Wildman–Crippen LogP) is 4.05. The van der Waals surface area contributed by atoms with Crippen LogP contribution in [-0.4, -0.2) is 17.7 Å². The number of nitrogens with one attached hydrogen (secondary N) is 1. The Hall–Kier alpha value is -2.75. The Morgan fingerprint density at radius 3 is 2.57 bits per heavy atom. The second-order valence-corrected chi connectivity index (χ2v) is 5.01. The highest BCUT2D eigenvalue weighted by Gasteiger charge is 2.11. The van der Waals surface area contributed by atoms with Crippen LogP contribution in [0.1, 0.15) is 24.9 Å². The van der Waals surface area contributed by atoms with Crippen molar-refractivity contribution in [2.45, 2.75) is 19.4 Å². The van der Waals surface area contributed by atoms with Gasteiger partial charge in [-0.1, -0.05) is 48.5 Å². The van der Waals surface area contributed by atoms with Gasteiger partial charge in [0, 0.05) is 6.08 Å². The van der Waals surface area contributed by atoms with Gasteiger partial charge in [0.2, 0.25) is 0 Å². The van der Waals surface area contributed by atoms with Crippen LogP contribution in [0, 0.1) is 0 Å². The lowest BCUT2D eigenvalue weighted by atomic mass is 10.0. The van der Waals surface area contributed by atoms with Crippen LogP contribution < -0.4 is 5.32 Å². The first kappa shape index (κ1) is 16.6. The van der Waals surface area contributed by atoms with Gasteiger partial charge in [0.15, 0.2) is 0 Å². The minimum absolute atomic E-state index is 0.0600. The summed E-state index contributed by atoms with van der Waals surface area (Å²) < 4.78 is 4.88. The molecule has 2 aromatic rings. The zero-order valence-corrected chi connectivity index (χ0v) is 13.1. The molecule has 0 aliphatic heterocycles. The molecule has 0 amide bonds. The van der Waals surface area contributed by atoms with Crippen molar-refractivity contribution in [1.29, 1.82) is 0 Å².